The molecule has 0 heterocycles. The van der Waals surface area contributed by atoms with Crippen LogP contribution in [0, 0.1) is 5.92 Å². The lowest BCUT2D eigenvalue weighted by Gasteiger charge is -2.32. The van der Waals surface area contributed by atoms with Crippen LogP contribution in [-0.2, 0) is 4.84 Å². The summed E-state index contributed by atoms with van der Waals surface area (Å²) in [5.41, 5.74) is 0.668. The Morgan fingerprint density at radius 3 is 2.33 bits per heavy atom. The van der Waals surface area contributed by atoms with Gasteiger partial charge in [0, 0.05) is 5.56 Å². The maximum atomic E-state index is 12.4. The van der Waals surface area contributed by atoms with Crippen LogP contribution in [0.15, 0.2) is 30.3 Å². The van der Waals surface area contributed by atoms with Crippen LogP contribution in [-0.4, -0.2) is 24.1 Å². The van der Waals surface area contributed by atoms with Crippen molar-refractivity contribution in [3.63, 3.8) is 0 Å². The van der Waals surface area contributed by atoms with Crippen molar-refractivity contribution < 1.29 is 9.63 Å². The number of amides is 1. The summed E-state index contributed by atoms with van der Waals surface area (Å²) in [4.78, 5) is 17.7. The van der Waals surface area contributed by atoms with Crippen LogP contribution >= 0.6 is 0 Å². The maximum absolute atomic E-state index is 12.4. The molecule has 0 aliphatic heterocycles. The second-order valence-corrected chi connectivity index (χ2v) is 4.78. The third-order valence-electron chi connectivity index (χ3n) is 3.07. The predicted octanol–water partition coefficient (Wildman–Crippen LogP) is 3.51. The molecule has 100 valence electrons. The number of hydrogen-bond donors (Lipinski definition) is 0. The fraction of sp³-hybridized carbons (Fsp3) is 0.533. The van der Waals surface area contributed by atoms with Crippen LogP contribution in [0.5, 0.6) is 0 Å². The summed E-state index contributed by atoms with van der Waals surface area (Å²) in [7, 11) is 1.56. The van der Waals surface area contributed by atoms with Crippen LogP contribution in [0.25, 0.3) is 0 Å². The lowest BCUT2D eigenvalue weighted by molar-refractivity contribution is -0.134. The Labute approximate surface area is 110 Å². The smallest absolute Gasteiger partial charge is 0.274 e. The molecule has 0 saturated carbocycles. The van der Waals surface area contributed by atoms with Crippen molar-refractivity contribution in [1.29, 1.82) is 0 Å². The van der Waals surface area contributed by atoms with Gasteiger partial charge in [-0.15, -0.1) is 0 Å². The average Bonchev–Trinajstić information content (AvgIpc) is 2.39. The highest BCUT2D eigenvalue weighted by Gasteiger charge is 2.26. The summed E-state index contributed by atoms with van der Waals surface area (Å²) in [5.74, 6) is 0.308. The number of carbonyl (C=O) groups excluding carboxylic acids is 1. The molecule has 0 spiro atoms. The molecule has 0 N–H and O–H groups in total. The molecule has 0 radical (unpaired) electrons. The monoisotopic (exact) mass is 249 g/mol. The van der Waals surface area contributed by atoms with Crippen LogP contribution in [0.2, 0.25) is 0 Å². The molecule has 1 aromatic rings. The summed E-state index contributed by atoms with van der Waals surface area (Å²) in [5, 5.41) is 1.52. The van der Waals surface area contributed by atoms with Crippen molar-refractivity contribution >= 4 is 5.91 Å². The third kappa shape index (κ3) is 3.57. The summed E-state index contributed by atoms with van der Waals surface area (Å²) >= 11 is 0. The Morgan fingerprint density at radius 1 is 1.28 bits per heavy atom. The lowest BCUT2D eigenvalue weighted by Crippen LogP contribution is -2.42. The SMILES string of the molecule is CCCC(C(C)C)N(OC)C(=O)c1ccccc1. The van der Waals surface area contributed by atoms with E-state index in [1.807, 2.05) is 30.3 Å². The fourth-order valence-corrected chi connectivity index (χ4v) is 2.09. The molecule has 0 aromatic heterocycles. The summed E-state index contributed by atoms with van der Waals surface area (Å²) in [6.07, 6.45) is 1.98. The van der Waals surface area contributed by atoms with E-state index < -0.39 is 0 Å². The molecule has 1 atom stereocenters. The lowest BCUT2D eigenvalue weighted by atomic mass is 9.98. The molecule has 0 aliphatic carbocycles. The van der Waals surface area contributed by atoms with E-state index in [2.05, 4.69) is 20.8 Å². The van der Waals surface area contributed by atoms with Gasteiger partial charge in [-0.1, -0.05) is 45.4 Å². The highest BCUT2D eigenvalue weighted by Crippen LogP contribution is 2.19. The van der Waals surface area contributed by atoms with Gasteiger partial charge >= 0.3 is 0 Å². The number of hydrogen-bond acceptors (Lipinski definition) is 2. The molecular weight excluding hydrogens is 226 g/mol. The second-order valence-electron chi connectivity index (χ2n) is 4.78. The van der Waals surface area contributed by atoms with Crippen molar-refractivity contribution in [2.24, 2.45) is 5.92 Å². The maximum Gasteiger partial charge on any atom is 0.277 e. The van der Waals surface area contributed by atoms with Crippen LogP contribution in [0.3, 0.4) is 0 Å². The van der Waals surface area contributed by atoms with Crippen molar-refractivity contribution in [1.82, 2.24) is 5.06 Å². The Hall–Kier alpha value is -1.35. The third-order valence-corrected chi connectivity index (χ3v) is 3.07. The Morgan fingerprint density at radius 2 is 1.89 bits per heavy atom. The molecule has 1 aromatic carbocycles. The van der Waals surface area contributed by atoms with Gasteiger partial charge in [-0.05, 0) is 24.5 Å². The molecule has 3 nitrogen and oxygen atoms in total. The highest BCUT2D eigenvalue weighted by molar-refractivity contribution is 5.93. The number of hydroxylamine groups is 2. The standard InChI is InChI=1S/C15H23NO2/c1-5-9-14(12(2)3)16(18-4)15(17)13-10-7-6-8-11-13/h6-8,10-12,14H,5,9H2,1-4H3. The molecule has 1 rings (SSSR count). The topological polar surface area (TPSA) is 29.5 Å². The summed E-state index contributed by atoms with van der Waals surface area (Å²) in [6.45, 7) is 6.35. The summed E-state index contributed by atoms with van der Waals surface area (Å²) < 4.78 is 0. The van der Waals surface area contributed by atoms with Gasteiger partial charge in [0.15, 0.2) is 0 Å². The zero-order chi connectivity index (χ0) is 13.5. The Balaban J connectivity index is 2.91. The van der Waals surface area contributed by atoms with Gasteiger partial charge in [0.1, 0.15) is 0 Å². The number of rotatable bonds is 6. The first-order chi connectivity index (χ1) is 8.61. The van der Waals surface area contributed by atoms with Gasteiger partial charge in [-0.25, -0.2) is 5.06 Å². The molecule has 0 fully saturated rings. The molecular formula is C15H23NO2. The first-order valence-corrected chi connectivity index (χ1v) is 6.54. The van der Waals surface area contributed by atoms with Crippen LogP contribution in [0.1, 0.15) is 44.0 Å². The summed E-state index contributed by atoms with van der Waals surface area (Å²) in [6, 6.07) is 9.39. The first kappa shape index (κ1) is 14.7. The minimum atomic E-state index is -0.0646. The quantitative estimate of drug-likeness (QED) is 0.722. The normalized spacial score (nSPS) is 12.5. The molecule has 0 bridgehead atoms. The van der Waals surface area contributed by atoms with Gasteiger partial charge in [0.05, 0.1) is 13.2 Å². The predicted molar refractivity (Wildman–Crippen MR) is 73.2 cm³/mol. The molecule has 1 amide bonds. The molecule has 18 heavy (non-hydrogen) atoms. The zero-order valence-corrected chi connectivity index (χ0v) is 11.7. The molecule has 3 heteroatoms. The number of carbonyl (C=O) groups is 1. The first-order valence-electron chi connectivity index (χ1n) is 6.54. The molecule has 0 aliphatic rings. The van der Waals surface area contributed by atoms with E-state index in [0.717, 1.165) is 12.8 Å². The Bertz CT molecular complexity index is 362. The van der Waals surface area contributed by atoms with Gasteiger partial charge in [0.25, 0.3) is 5.91 Å². The fourth-order valence-electron chi connectivity index (χ4n) is 2.09. The van der Waals surface area contributed by atoms with Gasteiger partial charge < -0.3 is 0 Å². The van der Waals surface area contributed by atoms with E-state index in [1.165, 1.54) is 5.06 Å². The van der Waals surface area contributed by atoms with Crippen molar-refractivity contribution in [3.8, 4) is 0 Å². The Kier molecular flexibility index (Phi) is 5.86. The number of benzene rings is 1. The van der Waals surface area contributed by atoms with Gasteiger partial charge in [-0.3, -0.25) is 9.63 Å². The second kappa shape index (κ2) is 7.17. The van der Waals surface area contributed by atoms with E-state index in [-0.39, 0.29) is 11.9 Å². The largest absolute Gasteiger partial charge is 0.277 e. The number of nitrogens with zero attached hydrogens (tertiary/aromatic N) is 1. The van der Waals surface area contributed by atoms with E-state index in [1.54, 1.807) is 7.11 Å². The molecule has 1 unspecified atom stereocenters. The van der Waals surface area contributed by atoms with E-state index in [4.69, 9.17) is 4.84 Å². The minimum absolute atomic E-state index is 0.0646. The average molecular weight is 249 g/mol. The van der Waals surface area contributed by atoms with Crippen molar-refractivity contribution in [3.05, 3.63) is 35.9 Å². The van der Waals surface area contributed by atoms with Gasteiger partial charge in [-0.2, -0.15) is 0 Å². The van der Waals surface area contributed by atoms with Crippen molar-refractivity contribution in [2.75, 3.05) is 7.11 Å². The van der Waals surface area contributed by atoms with Gasteiger partial charge in [0.2, 0.25) is 0 Å². The van der Waals surface area contributed by atoms with Crippen molar-refractivity contribution in [2.45, 2.75) is 39.7 Å². The van der Waals surface area contributed by atoms with Crippen LogP contribution in [0.4, 0.5) is 0 Å². The highest BCUT2D eigenvalue weighted by atomic mass is 16.7. The van der Waals surface area contributed by atoms with E-state index >= 15 is 0 Å². The molecule has 0 saturated heterocycles. The minimum Gasteiger partial charge on any atom is -0.274 e. The van der Waals surface area contributed by atoms with E-state index in [0.29, 0.717) is 11.5 Å². The van der Waals surface area contributed by atoms with E-state index in [9.17, 15) is 4.79 Å². The van der Waals surface area contributed by atoms with Crippen LogP contribution < -0.4 is 0 Å². The zero-order valence-electron chi connectivity index (χ0n) is 11.7.